The molecule has 144 valence electrons. The molecule has 0 radical (unpaired) electrons. The van der Waals surface area contributed by atoms with E-state index in [0.717, 1.165) is 22.6 Å². The molecule has 5 nitrogen and oxygen atoms in total. The van der Waals surface area contributed by atoms with Crippen molar-refractivity contribution in [3.8, 4) is 22.8 Å². The SMILES string of the molecule is Cc1ccc(-c2csc(=S)n2CC(=O)N[C@@H](C)c2ccc3c(c2)OCO3)cc1. The van der Waals surface area contributed by atoms with E-state index in [1.807, 2.05) is 35.1 Å². The molecule has 1 aromatic heterocycles. The minimum atomic E-state index is -0.155. The maximum absolute atomic E-state index is 12.7. The van der Waals surface area contributed by atoms with Gasteiger partial charge in [-0.3, -0.25) is 4.79 Å². The number of rotatable bonds is 5. The number of benzene rings is 2. The molecule has 7 heteroatoms. The highest BCUT2D eigenvalue weighted by molar-refractivity contribution is 7.73. The van der Waals surface area contributed by atoms with Gasteiger partial charge in [0, 0.05) is 5.38 Å². The summed E-state index contributed by atoms with van der Waals surface area (Å²) in [6.07, 6.45) is 0. The lowest BCUT2D eigenvalue weighted by Crippen LogP contribution is -2.30. The Kier molecular flexibility index (Phi) is 5.19. The summed E-state index contributed by atoms with van der Waals surface area (Å²) < 4.78 is 13.3. The van der Waals surface area contributed by atoms with Gasteiger partial charge in [0.2, 0.25) is 12.7 Å². The van der Waals surface area contributed by atoms with Gasteiger partial charge in [0.25, 0.3) is 0 Å². The van der Waals surface area contributed by atoms with Crippen LogP contribution in [0.2, 0.25) is 0 Å². The zero-order chi connectivity index (χ0) is 19.7. The lowest BCUT2D eigenvalue weighted by atomic mass is 10.1. The normalized spacial score (nSPS) is 13.4. The van der Waals surface area contributed by atoms with Gasteiger partial charge in [0.05, 0.1) is 11.7 Å². The Morgan fingerprint density at radius 2 is 1.96 bits per heavy atom. The van der Waals surface area contributed by atoms with Crippen molar-refractivity contribution in [2.24, 2.45) is 0 Å². The second kappa shape index (κ2) is 7.77. The van der Waals surface area contributed by atoms with E-state index in [9.17, 15) is 4.79 Å². The Hall–Kier alpha value is -2.64. The summed E-state index contributed by atoms with van der Waals surface area (Å²) in [6.45, 7) is 4.41. The van der Waals surface area contributed by atoms with E-state index in [1.54, 1.807) is 0 Å². The molecule has 1 N–H and O–H groups in total. The summed E-state index contributed by atoms with van der Waals surface area (Å²) in [5, 5.41) is 5.04. The van der Waals surface area contributed by atoms with E-state index < -0.39 is 0 Å². The number of carbonyl (C=O) groups excluding carboxylic acids is 1. The van der Waals surface area contributed by atoms with Gasteiger partial charge in [-0.1, -0.05) is 35.9 Å². The third kappa shape index (κ3) is 3.81. The van der Waals surface area contributed by atoms with Gasteiger partial charge >= 0.3 is 0 Å². The van der Waals surface area contributed by atoms with E-state index >= 15 is 0 Å². The number of hydrogen-bond donors (Lipinski definition) is 1. The summed E-state index contributed by atoms with van der Waals surface area (Å²) in [4.78, 5) is 12.7. The van der Waals surface area contributed by atoms with Crippen molar-refractivity contribution in [1.29, 1.82) is 0 Å². The van der Waals surface area contributed by atoms with Crippen molar-refractivity contribution in [3.05, 3.63) is 62.9 Å². The van der Waals surface area contributed by atoms with E-state index in [1.165, 1.54) is 16.9 Å². The Balaban J connectivity index is 1.49. The predicted octanol–water partition coefficient (Wildman–Crippen LogP) is 4.86. The van der Waals surface area contributed by atoms with Crippen LogP contribution in [0.4, 0.5) is 0 Å². The molecule has 4 rings (SSSR count). The third-order valence-corrected chi connectivity index (χ3v) is 5.98. The molecule has 0 bridgehead atoms. The molecule has 2 aromatic carbocycles. The predicted molar refractivity (Wildman–Crippen MR) is 112 cm³/mol. The number of ether oxygens (including phenoxy) is 2. The minimum Gasteiger partial charge on any atom is -0.454 e. The number of fused-ring (bicyclic) bond motifs is 1. The van der Waals surface area contributed by atoms with Crippen LogP contribution in [-0.2, 0) is 11.3 Å². The second-order valence-corrected chi connectivity index (χ2v) is 8.24. The standard InChI is InChI=1S/C21H20N2O3S2/c1-13-3-5-15(6-4-13)17-11-28-21(27)23(17)10-20(24)22-14(2)16-7-8-18-19(9-16)26-12-25-18/h3-9,11,14H,10,12H2,1-2H3,(H,22,24)/t14-/m0/s1. The summed E-state index contributed by atoms with van der Waals surface area (Å²) in [5.41, 5.74) is 4.17. The van der Waals surface area contributed by atoms with Crippen LogP contribution in [0.5, 0.6) is 11.5 Å². The number of nitrogens with one attached hydrogen (secondary N) is 1. The van der Waals surface area contributed by atoms with Crippen LogP contribution in [0.1, 0.15) is 24.1 Å². The first-order valence-corrected chi connectivity index (χ1v) is 10.2. The van der Waals surface area contributed by atoms with Crippen LogP contribution in [0.3, 0.4) is 0 Å². The fraction of sp³-hybridized carbons (Fsp3) is 0.238. The number of thiazole rings is 1. The molecule has 0 unspecified atom stereocenters. The number of hydrogen-bond acceptors (Lipinski definition) is 5. The summed E-state index contributed by atoms with van der Waals surface area (Å²) in [6, 6.07) is 13.8. The van der Waals surface area contributed by atoms with E-state index in [0.29, 0.717) is 9.70 Å². The van der Waals surface area contributed by atoms with Crippen LogP contribution in [0.15, 0.2) is 47.8 Å². The summed E-state index contributed by atoms with van der Waals surface area (Å²) in [5.74, 6) is 1.35. The van der Waals surface area contributed by atoms with Crippen LogP contribution >= 0.6 is 23.6 Å². The Morgan fingerprint density at radius 3 is 2.75 bits per heavy atom. The Morgan fingerprint density at radius 1 is 1.21 bits per heavy atom. The van der Waals surface area contributed by atoms with E-state index in [4.69, 9.17) is 21.7 Å². The molecule has 0 saturated carbocycles. The fourth-order valence-electron chi connectivity index (χ4n) is 3.13. The van der Waals surface area contributed by atoms with Crippen molar-refractivity contribution in [3.63, 3.8) is 0 Å². The topological polar surface area (TPSA) is 52.5 Å². The second-order valence-electron chi connectivity index (χ2n) is 6.74. The van der Waals surface area contributed by atoms with E-state index in [-0.39, 0.29) is 25.3 Å². The largest absolute Gasteiger partial charge is 0.454 e. The van der Waals surface area contributed by atoms with Crippen molar-refractivity contribution >= 4 is 29.5 Å². The number of nitrogens with zero attached hydrogens (tertiary/aromatic N) is 1. The Bertz CT molecular complexity index is 1070. The smallest absolute Gasteiger partial charge is 0.240 e. The zero-order valence-corrected chi connectivity index (χ0v) is 17.2. The maximum atomic E-state index is 12.7. The van der Waals surface area contributed by atoms with Gasteiger partial charge in [-0.2, -0.15) is 0 Å². The highest BCUT2D eigenvalue weighted by Gasteiger charge is 2.18. The molecule has 0 aliphatic carbocycles. The first kappa shape index (κ1) is 18.7. The monoisotopic (exact) mass is 412 g/mol. The van der Waals surface area contributed by atoms with Gasteiger partial charge < -0.3 is 19.4 Å². The quantitative estimate of drug-likeness (QED) is 0.608. The van der Waals surface area contributed by atoms with Gasteiger partial charge in [-0.15, -0.1) is 11.3 Å². The molecule has 1 aliphatic rings. The lowest BCUT2D eigenvalue weighted by Gasteiger charge is -2.16. The van der Waals surface area contributed by atoms with Crippen molar-refractivity contribution < 1.29 is 14.3 Å². The minimum absolute atomic E-state index is 0.0898. The molecule has 1 amide bonds. The molecule has 0 saturated heterocycles. The van der Waals surface area contributed by atoms with Crippen LogP contribution in [-0.4, -0.2) is 17.3 Å². The number of aryl methyl sites for hydroxylation is 1. The van der Waals surface area contributed by atoms with Gasteiger partial charge in [-0.05, 0) is 49.3 Å². The first-order chi connectivity index (χ1) is 13.5. The molecular formula is C21H20N2O3S2. The van der Waals surface area contributed by atoms with E-state index in [2.05, 4.69) is 36.5 Å². The number of aromatic nitrogens is 1. The highest BCUT2D eigenvalue weighted by atomic mass is 32.1. The third-order valence-electron chi connectivity index (χ3n) is 4.71. The van der Waals surface area contributed by atoms with Crippen LogP contribution < -0.4 is 14.8 Å². The summed E-state index contributed by atoms with van der Waals surface area (Å²) in [7, 11) is 0. The Labute approximate surface area is 172 Å². The van der Waals surface area contributed by atoms with Crippen LogP contribution in [0, 0.1) is 10.9 Å². The molecule has 2 heterocycles. The molecule has 28 heavy (non-hydrogen) atoms. The molecule has 1 aliphatic heterocycles. The molecule has 0 spiro atoms. The molecule has 3 aromatic rings. The average Bonchev–Trinajstić information content (AvgIpc) is 3.29. The first-order valence-electron chi connectivity index (χ1n) is 8.95. The molecule has 0 fully saturated rings. The number of amides is 1. The summed E-state index contributed by atoms with van der Waals surface area (Å²) >= 11 is 6.92. The zero-order valence-electron chi connectivity index (χ0n) is 15.6. The number of carbonyl (C=O) groups is 1. The lowest BCUT2D eigenvalue weighted by molar-refractivity contribution is -0.122. The van der Waals surface area contributed by atoms with Gasteiger partial charge in [0.1, 0.15) is 6.54 Å². The molecular weight excluding hydrogens is 392 g/mol. The maximum Gasteiger partial charge on any atom is 0.240 e. The van der Waals surface area contributed by atoms with Crippen molar-refractivity contribution in [2.45, 2.75) is 26.4 Å². The highest BCUT2D eigenvalue weighted by Crippen LogP contribution is 2.34. The van der Waals surface area contributed by atoms with Gasteiger partial charge in [-0.25, -0.2) is 0 Å². The van der Waals surface area contributed by atoms with Crippen molar-refractivity contribution in [1.82, 2.24) is 9.88 Å². The van der Waals surface area contributed by atoms with Crippen LogP contribution in [0.25, 0.3) is 11.3 Å². The van der Waals surface area contributed by atoms with Crippen molar-refractivity contribution in [2.75, 3.05) is 6.79 Å². The fourth-order valence-corrected chi connectivity index (χ4v) is 4.20. The average molecular weight is 413 g/mol. The van der Waals surface area contributed by atoms with Gasteiger partial charge in [0.15, 0.2) is 15.5 Å². The molecule has 1 atom stereocenters.